The first-order chi connectivity index (χ1) is 17.6. The molecule has 4 rings (SSSR count). The van der Waals surface area contributed by atoms with Crippen LogP contribution in [0.15, 0.2) is 89.3 Å². The van der Waals surface area contributed by atoms with Crippen molar-refractivity contribution in [2.24, 2.45) is 5.10 Å². The fraction of sp³-hybridized carbons (Fsp3) is 0.111. The summed E-state index contributed by atoms with van der Waals surface area (Å²) in [6.07, 6.45) is 1.62. The van der Waals surface area contributed by atoms with Crippen LogP contribution in [0.1, 0.15) is 22.8 Å². The lowest BCUT2D eigenvalue weighted by Crippen LogP contribution is -2.20. The summed E-state index contributed by atoms with van der Waals surface area (Å²) in [7, 11) is 0. The number of benzene rings is 3. The number of hydrogen-bond donors (Lipinski definition) is 2. The van der Waals surface area contributed by atoms with Gasteiger partial charge in [-0.15, -0.1) is 11.3 Å². The van der Waals surface area contributed by atoms with Crippen LogP contribution in [-0.4, -0.2) is 36.3 Å². The van der Waals surface area contributed by atoms with Crippen LogP contribution in [0.3, 0.4) is 0 Å². The topological polar surface area (TPSA) is 102 Å². The van der Waals surface area contributed by atoms with E-state index in [-0.39, 0.29) is 12.5 Å². The van der Waals surface area contributed by atoms with Gasteiger partial charge >= 0.3 is 5.97 Å². The van der Waals surface area contributed by atoms with Crippen LogP contribution in [0.4, 0.5) is 10.8 Å². The van der Waals surface area contributed by atoms with Crippen molar-refractivity contribution in [1.29, 1.82) is 0 Å². The van der Waals surface area contributed by atoms with Crippen molar-refractivity contribution in [3.63, 3.8) is 0 Å². The summed E-state index contributed by atoms with van der Waals surface area (Å²) >= 11 is 1.46. The van der Waals surface area contributed by atoms with Crippen LogP contribution < -0.4 is 15.5 Å². The Balaban J connectivity index is 1.30. The minimum absolute atomic E-state index is 0.190. The van der Waals surface area contributed by atoms with Gasteiger partial charge < -0.3 is 14.8 Å². The SMILES string of the molecule is CCOC(=O)c1ccc(NC(=O)COc2ccccc2C=NNc2nc(-c3ccccc3)cs2)cc1. The molecule has 1 aromatic heterocycles. The molecule has 9 heteroatoms. The number of hydrazone groups is 1. The minimum Gasteiger partial charge on any atom is -0.483 e. The van der Waals surface area contributed by atoms with Crippen molar-refractivity contribution < 1.29 is 19.1 Å². The summed E-state index contributed by atoms with van der Waals surface area (Å²) in [5, 5.41) is 9.64. The lowest BCUT2D eigenvalue weighted by atomic mass is 10.2. The number of rotatable bonds is 10. The summed E-state index contributed by atoms with van der Waals surface area (Å²) in [4.78, 5) is 28.6. The molecule has 0 aliphatic heterocycles. The summed E-state index contributed by atoms with van der Waals surface area (Å²) < 4.78 is 10.7. The standard InChI is InChI=1S/C27H24N4O4S/c1-2-34-26(33)20-12-14-22(15-13-20)29-25(32)17-35-24-11-7-6-10-21(24)16-28-31-27-30-23(18-36-27)19-8-4-3-5-9-19/h3-16,18H,2,17H2,1H3,(H,29,32)(H,30,31). The molecule has 0 saturated heterocycles. The van der Waals surface area contributed by atoms with Gasteiger partial charge in [-0.1, -0.05) is 42.5 Å². The van der Waals surface area contributed by atoms with Gasteiger partial charge in [-0.3, -0.25) is 10.2 Å². The van der Waals surface area contributed by atoms with Crippen LogP contribution in [0.2, 0.25) is 0 Å². The number of esters is 1. The third-order valence-corrected chi connectivity index (χ3v) is 5.64. The van der Waals surface area contributed by atoms with E-state index in [0.29, 0.717) is 34.3 Å². The normalized spacial score (nSPS) is 10.7. The molecule has 0 saturated carbocycles. The van der Waals surface area contributed by atoms with Gasteiger partial charge in [0, 0.05) is 22.2 Å². The quantitative estimate of drug-likeness (QED) is 0.171. The predicted molar refractivity (Wildman–Crippen MR) is 142 cm³/mol. The number of para-hydroxylation sites is 1. The first-order valence-corrected chi connectivity index (χ1v) is 12.1. The Hall–Kier alpha value is -4.50. The third kappa shape index (κ3) is 6.77. The zero-order chi connectivity index (χ0) is 25.2. The molecule has 4 aromatic rings. The van der Waals surface area contributed by atoms with E-state index < -0.39 is 5.97 Å². The molecule has 36 heavy (non-hydrogen) atoms. The second-order valence-corrected chi connectivity index (χ2v) is 8.30. The van der Waals surface area contributed by atoms with E-state index in [1.165, 1.54) is 11.3 Å². The lowest BCUT2D eigenvalue weighted by molar-refractivity contribution is -0.118. The van der Waals surface area contributed by atoms with E-state index in [9.17, 15) is 9.59 Å². The zero-order valence-corrected chi connectivity index (χ0v) is 20.3. The van der Waals surface area contributed by atoms with Gasteiger partial charge in [0.15, 0.2) is 6.61 Å². The van der Waals surface area contributed by atoms with Crippen LogP contribution in [0.5, 0.6) is 5.75 Å². The molecule has 0 aliphatic rings. The van der Waals surface area contributed by atoms with Gasteiger partial charge in [-0.25, -0.2) is 9.78 Å². The van der Waals surface area contributed by atoms with Crippen molar-refractivity contribution in [3.05, 3.63) is 95.4 Å². The summed E-state index contributed by atoms with van der Waals surface area (Å²) in [6.45, 7) is 1.86. The fourth-order valence-corrected chi connectivity index (χ4v) is 3.86. The first-order valence-electron chi connectivity index (χ1n) is 11.2. The van der Waals surface area contributed by atoms with E-state index in [1.54, 1.807) is 43.5 Å². The van der Waals surface area contributed by atoms with E-state index >= 15 is 0 Å². The smallest absolute Gasteiger partial charge is 0.338 e. The zero-order valence-electron chi connectivity index (χ0n) is 19.5. The van der Waals surface area contributed by atoms with Crippen molar-refractivity contribution >= 4 is 40.2 Å². The van der Waals surface area contributed by atoms with Crippen LogP contribution in [0, 0.1) is 0 Å². The van der Waals surface area contributed by atoms with Crippen LogP contribution in [0.25, 0.3) is 11.3 Å². The van der Waals surface area contributed by atoms with E-state index in [4.69, 9.17) is 9.47 Å². The molecule has 0 fully saturated rings. The number of carbonyl (C=O) groups is 2. The molecule has 0 bridgehead atoms. The molecule has 0 atom stereocenters. The fourth-order valence-electron chi connectivity index (χ4n) is 3.19. The third-order valence-electron chi connectivity index (χ3n) is 4.90. The maximum atomic E-state index is 12.4. The Labute approximate surface area is 212 Å². The lowest BCUT2D eigenvalue weighted by Gasteiger charge is -2.10. The molecule has 0 aliphatic carbocycles. The maximum Gasteiger partial charge on any atom is 0.338 e. The molecule has 0 radical (unpaired) electrons. The van der Waals surface area contributed by atoms with Gasteiger partial charge in [0.2, 0.25) is 5.13 Å². The summed E-state index contributed by atoms with van der Waals surface area (Å²) in [5.74, 6) is -0.224. The number of aromatic nitrogens is 1. The largest absolute Gasteiger partial charge is 0.483 e. The molecule has 3 aromatic carbocycles. The average molecular weight is 501 g/mol. The van der Waals surface area contributed by atoms with Crippen molar-refractivity contribution in [2.75, 3.05) is 24.0 Å². The number of ether oxygens (including phenoxy) is 2. The molecule has 2 N–H and O–H groups in total. The van der Waals surface area contributed by atoms with Gasteiger partial charge in [0.05, 0.1) is 24.1 Å². The highest BCUT2D eigenvalue weighted by Crippen LogP contribution is 2.24. The monoisotopic (exact) mass is 500 g/mol. The Bertz CT molecular complexity index is 1340. The molecule has 0 spiro atoms. The minimum atomic E-state index is -0.405. The number of carbonyl (C=O) groups excluding carboxylic acids is 2. The number of amides is 1. The Morgan fingerprint density at radius 1 is 1.00 bits per heavy atom. The van der Waals surface area contributed by atoms with Crippen LogP contribution >= 0.6 is 11.3 Å². The molecular formula is C27H24N4O4S. The molecule has 1 amide bonds. The highest BCUT2D eigenvalue weighted by Gasteiger charge is 2.09. The predicted octanol–water partition coefficient (Wildman–Crippen LogP) is 5.45. The number of thiazole rings is 1. The number of hydrogen-bond acceptors (Lipinski definition) is 8. The van der Waals surface area contributed by atoms with E-state index in [2.05, 4.69) is 20.8 Å². The summed E-state index contributed by atoms with van der Waals surface area (Å²) in [6, 6.07) is 23.7. The van der Waals surface area contributed by atoms with Crippen molar-refractivity contribution in [2.45, 2.75) is 6.92 Å². The van der Waals surface area contributed by atoms with Gasteiger partial charge in [0.1, 0.15) is 5.75 Å². The highest BCUT2D eigenvalue weighted by molar-refractivity contribution is 7.14. The van der Waals surface area contributed by atoms with E-state index in [0.717, 1.165) is 11.3 Å². The van der Waals surface area contributed by atoms with Gasteiger partial charge in [-0.05, 0) is 43.3 Å². The first kappa shape index (κ1) is 24.6. The average Bonchev–Trinajstić information content (AvgIpc) is 3.38. The molecular weight excluding hydrogens is 476 g/mol. The Morgan fingerprint density at radius 3 is 2.53 bits per heavy atom. The van der Waals surface area contributed by atoms with Crippen molar-refractivity contribution in [1.82, 2.24) is 4.98 Å². The van der Waals surface area contributed by atoms with Crippen molar-refractivity contribution in [3.8, 4) is 17.0 Å². The van der Waals surface area contributed by atoms with E-state index in [1.807, 2.05) is 53.9 Å². The second kappa shape index (κ2) is 12.3. The second-order valence-electron chi connectivity index (χ2n) is 7.45. The molecule has 182 valence electrons. The highest BCUT2D eigenvalue weighted by atomic mass is 32.1. The number of nitrogens with zero attached hydrogens (tertiary/aromatic N) is 2. The molecule has 0 unspecified atom stereocenters. The number of anilines is 2. The number of nitrogens with one attached hydrogen (secondary N) is 2. The Kier molecular flexibility index (Phi) is 8.39. The molecule has 8 nitrogen and oxygen atoms in total. The maximum absolute atomic E-state index is 12.4. The van der Waals surface area contributed by atoms with Gasteiger partial charge in [-0.2, -0.15) is 5.10 Å². The molecule has 1 heterocycles. The van der Waals surface area contributed by atoms with Crippen LogP contribution in [-0.2, 0) is 9.53 Å². The van der Waals surface area contributed by atoms with Gasteiger partial charge in [0.25, 0.3) is 5.91 Å². The summed E-state index contributed by atoms with van der Waals surface area (Å²) in [5.41, 5.74) is 6.53. The Morgan fingerprint density at radius 2 is 1.75 bits per heavy atom.